The maximum Gasteiger partial charge on any atom is 0.328 e. The first-order chi connectivity index (χ1) is 7.27. The van der Waals surface area contributed by atoms with Gasteiger partial charge >= 0.3 is 5.97 Å². The van der Waals surface area contributed by atoms with E-state index in [9.17, 15) is 4.79 Å². The number of hydrogen-bond donors (Lipinski definition) is 1. The van der Waals surface area contributed by atoms with Gasteiger partial charge in [-0.2, -0.15) is 0 Å². The van der Waals surface area contributed by atoms with E-state index >= 15 is 0 Å². The third kappa shape index (κ3) is 2.27. The van der Waals surface area contributed by atoms with E-state index in [1.165, 1.54) is 6.26 Å². The van der Waals surface area contributed by atoms with E-state index in [2.05, 4.69) is 0 Å². The summed E-state index contributed by atoms with van der Waals surface area (Å²) in [5.41, 5.74) is 0.616. The molecular formula is C11H12O4. The van der Waals surface area contributed by atoms with E-state index in [0.29, 0.717) is 17.9 Å². The minimum atomic E-state index is -0.975. The minimum absolute atomic E-state index is 0.146. The van der Waals surface area contributed by atoms with Crippen LogP contribution in [0.3, 0.4) is 0 Å². The highest BCUT2D eigenvalue weighted by Gasteiger charge is 2.23. The molecule has 4 nitrogen and oxygen atoms in total. The summed E-state index contributed by atoms with van der Waals surface area (Å²) in [5.74, 6) is -0.402. The van der Waals surface area contributed by atoms with Crippen molar-refractivity contribution >= 4 is 11.5 Å². The number of rotatable bonds is 3. The SMILES string of the molecule is O=C(O)C=C(c1ccco1)C1CCCO1. The van der Waals surface area contributed by atoms with Gasteiger partial charge in [0, 0.05) is 18.3 Å². The predicted molar refractivity (Wildman–Crippen MR) is 53.3 cm³/mol. The van der Waals surface area contributed by atoms with Crippen molar-refractivity contribution in [3.05, 3.63) is 30.2 Å². The molecule has 1 atom stereocenters. The van der Waals surface area contributed by atoms with E-state index in [1.54, 1.807) is 12.1 Å². The molecule has 0 saturated carbocycles. The second-order valence-corrected chi connectivity index (χ2v) is 3.42. The fourth-order valence-corrected chi connectivity index (χ4v) is 1.72. The molecule has 1 aliphatic rings. The number of carboxylic acid groups (broad SMARTS) is 1. The standard InChI is InChI=1S/C11H12O4/c12-11(13)7-8(9-3-1-5-14-9)10-4-2-6-15-10/h1,3,5,7,10H,2,4,6H2,(H,12,13). The number of aliphatic carboxylic acids is 1. The van der Waals surface area contributed by atoms with Gasteiger partial charge in [-0.15, -0.1) is 0 Å². The van der Waals surface area contributed by atoms with Gasteiger partial charge < -0.3 is 14.3 Å². The van der Waals surface area contributed by atoms with E-state index in [1.807, 2.05) is 0 Å². The van der Waals surface area contributed by atoms with Gasteiger partial charge in [-0.1, -0.05) is 0 Å². The smallest absolute Gasteiger partial charge is 0.328 e. The Balaban J connectivity index is 2.27. The maximum atomic E-state index is 10.7. The predicted octanol–water partition coefficient (Wildman–Crippen LogP) is 1.93. The molecule has 0 aliphatic carbocycles. The summed E-state index contributed by atoms with van der Waals surface area (Å²) >= 11 is 0. The Morgan fingerprint density at radius 3 is 3.00 bits per heavy atom. The maximum absolute atomic E-state index is 10.7. The molecule has 0 amide bonds. The molecule has 4 heteroatoms. The molecule has 2 rings (SSSR count). The molecule has 1 saturated heterocycles. The van der Waals surface area contributed by atoms with Crippen molar-refractivity contribution in [1.29, 1.82) is 0 Å². The quantitative estimate of drug-likeness (QED) is 0.771. The van der Waals surface area contributed by atoms with Gasteiger partial charge in [-0.05, 0) is 25.0 Å². The number of hydrogen-bond acceptors (Lipinski definition) is 3. The molecule has 1 N–H and O–H groups in total. The van der Waals surface area contributed by atoms with Crippen LogP contribution in [0.1, 0.15) is 18.6 Å². The van der Waals surface area contributed by atoms with E-state index < -0.39 is 5.97 Å². The molecule has 1 aromatic heterocycles. The van der Waals surface area contributed by atoms with Crippen LogP contribution in [0.2, 0.25) is 0 Å². The largest absolute Gasteiger partial charge is 0.478 e. The zero-order chi connectivity index (χ0) is 10.7. The monoisotopic (exact) mass is 208 g/mol. The Hall–Kier alpha value is -1.55. The zero-order valence-corrected chi connectivity index (χ0v) is 8.18. The molecule has 0 radical (unpaired) electrons. The van der Waals surface area contributed by atoms with Crippen LogP contribution in [0.25, 0.3) is 5.57 Å². The molecule has 15 heavy (non-hydrogen) atoms. The van der Waals surface area contributed by atoms with Crippen molar-refractivity contribution in [2.75, 3.05) is 6.61 Å². The van der Waals surface area contributed by atoms with Gasteiger partial charge in [0.25, 0.3) is 0 Å². The van der Waals surface area contributed by atoms with Crippen LogP contribution in [0.4, 0.5) is 0 Å². The Bertz CT molecular complexity index is 358. The van der Waals surface area contributed by atoms with Gasteiger partial charge in [-0.25, -0.2) is 4.79 Å². The topological polar surface area (TPSA) is 59.7 Å². The van der Waals surface area contributed by atoms with E-state index in [4.69, 9.17) is 14.3 Å². The normalized spacial score (nSPS) is 21.9. The van der Waals surface area contributed by atoms with Crippen molar-refractivity contribution in [2.24, 2.45) is 0 Å². The lowest BCUT2D eigenvalue weighted by atomic mass is 10.0. The molecule has 2 heterocycles. The van der Waals surface area contributed by atoms with E-state index in [0.717, 1.165) is 18.9 Å². The first kappa shape index (κ1) is 9.98. The molecular weight excluding hydrogens is 196 g/mol. The third-order valence-corrected chi connectivity index (χ3v) is 2.36. The number of furan rings is 1. The highest BCUT2D eigenvalue weighted by atomic mass is 16.5. The minimum Gasteiger partial charge on any atom is -0.478 e. The van der Waals surface area contributed by atoms with Gasteiger partial charge in [0.2, 0.25) is 0 Å². The van der Waals surface area contributed by atoms with Gasteiger partial charge in [0.05, 0.1) is 12.4 Å². The summed E-state index contributed by atoms with van der Waals surface area (Å²) in [6, 6.07) is 3.48. The first-order valence-electron chi connectivity index (χ1n) is 4.87. The fourth-order valence-electron chi connectivity index (χ4n) is 1.72. The van der Waals surface area contributed by atoms with Crippen LogP contribution < -0.4 is 0 Å². The fraction of sp³-hybridized carbons (Fsp3) is 0.364. The lowest BCUT2D eigenvalue weighted by molar-refractivity contribution is -0.131. The van der Waals surface area contributed by atoms with E-state index in [-0.39, 0.29) is 6.10 Å². The van der Waals surface area contributed by atoms with Crippen molar-refractivity contribution < 1.29 is 19.1 Å². The molecule has 80 valence electrons. The number of carboxylic acids is 1. The van der Waals surface area contributed by atoms with Crippen LogP contribution in [-0.2, 0) is 9.53 Å². The van der Waals surface area contributed by atoms with Crippen molar-refractivity contribution in [1.82, 2.24) is 0 Å². The summed E-state index contributed by atoms with van der Waals surface area (Å²) < 4.78 is 10.6. The molecule has 1 fully saturated rings. The molecule has 0 bridgehead atoms. The van der Waals surface area contributed by atoms with Crippen molar-refractivity contribution in [3.8, 4) is 0 Å². The number of ether oxygens (including phenoxy) is 1. The summed E-state index contributed by atoms with van der Waals surface area (Å²) in [7, 11) is 0. The highest BCUT2D eigenvalue weighted by molar-refractivity contribution is 5.90. The summed E-state index contributed by atoms with van der Waals surface area (Å²) in [6.07, 6.45) is 4.35. The molecule has 1 aliphatic heterocycles. The average Bonchev–Trinajstić information content (AvgIpc) is 2.87. The second kappa shape index (κ2) is 4.31. The van der Waals surface area contributed by atoms with Crippen LogP contribution in [0, 0.1) is 0 Å². The molecule has 1 aromatic rings. The second-order valence-electron chi connectivity index (χ2n) is 3.42. The Morgan fingerprint density at radius 1 is 1.60 bits per heavy atom. The van der Waals surface area contributed by atoms with Crippen LogP contribution in [0.5, 0.6) is 0 Å². The Labute approximate surface area is 87.2 Å². The number of carbonyl (C=O) groups is 1. The van der Waals surface area contributed by atoms with Gasteiger partial charge in [0.15, 0.2) is 0 Å². The van der Waals surface area contributed by atoms with Crippen LogP contribution in [-0.4, -0.2) is 23.8 Å². The van der Waals surface area contributed by atoms with Crippen LogP contribution in [0.15, 0.2) is 28.9 Å². The van der Waals surface area contributed by atoms with Gasteiger partial charge in [-0.3, -0.25) is 0 Å². The Kier molecular flexibility index (Phi) is 2.87. The van der Waals surface area contributed by atoms with Gasteiger partial charge in [0.1, 0.15) is 5.76 Å². The first-order valence-corrected chi connectivity index (χ1v) is 4.87. The lowest BCUT2D eigenvalue weighted by Crippen LogP contribution is -2.09. The summed E-state index contributed by atoms with van der Waals surface area (Å²) in [6.45, 7) is 0.683. The summed E-state index contributed by atoms with van der Waals surface area (Å²) in [4.78, 5) is 10.7. The van der Waals surface area contributed by atoms with Crippen LogP contribution >= 0.6 is 0 Å². The van der Waals surface area contributed by atoms with Crippen molar-refractivity contribution in [3.63, 3.8) is 0 Å². The lowest BCUT2D eigenvalue weighted by Gasteiger charge is -2.11. The molecule has 1 unspecified atom stereocenters. The molecule has 0 aromatic carbocycles. The Morgan fingerprint density at radius 2 is 2.47 bits per heavy atom. The average molecular weight is 208 g/mol. The zero-order valence-electron chi connectivity index (χ0n) is 8.18. The highest BCUT2D eigenvalue weighted by Crippen LogP contribution is 2.28. The molecule has 0 spiro atoms. The third-order valence-electron chi connectivity index (χ3n) is 2.36. The summed E-state index contributed by atoms with van der Waals surface area (Å²) in [5, 5.41) is 8.77. The van der Waals surface area contributed by atoms with Crippen molar-refractivity contribution in [2.45, 2.75) is 18.9 Å².